The summed E-state index contributed by atoms with van der Waals surface area (Å²) in [6.07, 6.45) is 0.949. The predicted molar refractivity (Wildman–Crippen MR) is 174 cm³/mol. The van der Waals surface area contributed by atoms with Gasteiger partial charge in [-0.05, 0) is 64.4 Å². The fourth-order valence-electron chi connectivity index (χ4n) is 5.74. The minimum Gasteiger partial charge on any atom is -0.491 e. The van der Waals surface area contributed by atoms with Gasteiger partial charge in [0, 0.05) is 39.3 Å². The minimum atomic E-state index is -1.05. The first kappa shape index (κ1) is 29.9. The number of pyridine rings is 1. The number of nitriles is 1. The Bertz CT molecular complexity index is 2110. The van der Waals surface area contributed by atoms with Crippen LogP contribution in [0.5, 0.6) is 5.75 Å². The van der Waals surface area contributed by atoms with Crippen molar-refractivity contribution < 1.29 is 14.6 Å². The Kier molecular flexibility index (Phi) is 7.52. The van der Waals surface area contributed by atoms with Gasteiger partial charge >= 0.3 is 5.97 Å². The Morgan fingerprint density at radius 1 is 1.18 bits per heavy atom. The van der Waals surface area contributed by atoms with E-state index in [0.717, 1.165) is 18.5 Å². The molecule has 0 radical (unpaired) electrons. The summed E-state index contributed by atoms with van der Waals surface area (Å²) in [5, 5.41) is 22.5. The number of halogens is 2. The van der Waals surface area contributed by atoms with Gasteiger partial charge in [0.15, 0.2) is 0 Å². The maximum atomic E-state index is 13.9. The fraction of sp³-hybridized carbons (Fsp3) is 0.281. The van der Waals surface area contributed by atoms with Gasteiger partial charge in [-0.15, -0.1) is 11.3 Å². The van der Waals surface area contributed by atoms with E-state index in [0.29, 0.717) is 54.3 Å². The van der Waals surface area contributed by atoms with Gasteiger partial charge in [-0.3, -0.25) is 14.3 Å². The van der Waals surface area contributed by atoms with Crippen LogP contribution in [0.1, 0.15) is 47.7 Å². The highest BCUT2D eigenvalue weighted by Crippen LogP contribution is 2.43. The second-order valence-electron chi connectivity index (χ2n) is 11.4. The third kappa shape index (κ3) is 4.95. The van der Waals surface area contributed by atoms with Crippen molar-refractivity contribution in [3.8, 4) is 22.9 Å². The van der Waals surface area contributed by atoms with Crippen LogP contribution in [0.2, 0.25) is 10.0 Å². The van der Waals surface area contributed by atoms with Crippen LogP contribution in [0, 0.1) is 25.2 Å². The number of hydrogen-bond acceptors (Lipinski definition) is 8. The molecule has 5 aromatic rings. The molecule has 0 atom stereocenters. The molecule has 1 N–H and O–H groups in total. The summed E-state index contributed by atoms with van der Waals surface area (Å²) in [4.78, 5) is 36.8. The Balaban J connectivity index is 1.37. The predicted octanol–water partition coefficient (Wildman–Crippen LogP) is 7.23. The maximum Gasteiger partial charge on any atom is 0.338 e. The number of thiophene rings is 1. The molecule has 1 aliphatic heterocycles. The van der Waals surface area contributed by atoms with Gasteiger partial charge in [0.05, 0.1) is 49.5 Å². The average Bonchev–Trinajstić information content (AvgIpc) is 3.39. The lowest BCUT2D eigenvalue weighted by Crippen LogP contribution is -2.56. The summed E-state index contributed by atoms with van der Waals surface area (Å²) in [6.45, 7) is 8.71. The summed E-state index contributed by atoms with van der Waals surface area (Å²) < 4.78 is 8.44. The van der Waals surface area contributed by atoms with E-state index in [1.807, 2.05) is 6.07 Å². The van der Waals surface area contributed by atoms with E-state index >= 15 is 0 Å². The third-order valence-corrected chi connectivity index (χ3v) is 9.64. The van der Waals surface area contributed by atoms with Crippen LogP contribution in [0.15, 0.2) is 40.5 Å². The molecule has 6 rings (SSSR count). The molecule has 0 saturated carbocycles. The molecule has 1 fully saturated rings. The van der Waals surface area contributed by atoms with Crippen LogP contribution in [-0.4, -0.2) is 44.3 Å². The molecule has 0 amide bonds. The zero-order valence-electron chi connectivity index (χ0n) is 24.4. The largest absolute Gasteiger partial charge is 0.491 e. The number of fused-ring (bicyclic) bond motifs is 2. The van der Waals surface area contributed by atoms with Gasteiger partial charge in [-0.1, -0.05) is 23.2 Å². The van der Waals surface area contributed by atoms with E-state index in [9.17, 15) is 20.0 Å². The second kappa shape index (κ2) is 11.1. The first-order chi connectivity index (χ1) is 20.9. The number of carboxylic acids is 1. The van der Waals surface area contributed by atoms with Crippen molar-refractivity contribution in [1.29, 1.82) is 5.26 Å². The molecule has 0 spiro atoms. The number of ether oxygens (including phenoxy) is 1. The number of carbonyl (C=O) groups is 1. The number of rotatable bonds is 7. The number of hydrogen-bond donors (Lipinski definition) is 1. The van der Waals surface area contributed by atoms with Crippen LogP contribution >= 0.6 is 34.5 Å². The molecule has 0 unspecified atom stereocenters. The lowest BCUT2D eigenvalue weighted by Gasteiger charge is -2.50. The summed E-state index contributed by atoms with van der Waals surface area (Å²) in [5.74, 6) is -0.0706. The van der Waals surface area contributed by atoms with Crippen LogP contribution in [-0.2, 0) is 6.54 Å². The quantitative estimate of drug-likeness (QED) is 0.196. The number of benzene rings is 2. The van der Waals surface area contributed by atoms with Gasteiger partial charge in [0.1, 0.15) is 24.3 Å². The van der Waals surface area contributed by atoms with Gasteiger partial charge in [-0.2, -0.15) is 5.26 Å². The van der Waals surface area contributed by atoms with Gasteiger partial charge in [0.2, 0.25) is 0 Å². The van der Waals surface area contributed by atoms with E-state index in [-0.39, 0.29) is 40.8 Å². The number of aryl methyl sites for hydroxylation is 2. The number of aromatic carboxylic acids is 1. The number of aromatic nitrogens is 3. The van der Waals surface area contributed by atoms with E-state index in [1.165, 1.54) is 15.9 Å². The SMILES string of the molecule is Cc1cc(-c2cc(Cl)ccc2OCCn2c(C)nc3cc(Cl)c(N4CCC4(C)C)c(C#N)c3c2=O)c2scc(C(=O)O)c2n1. The van der Waals surface area contributed by atoms with E-state index in [1.54, 1.807) is 43.5 Å². The molecule has 1 saturated heterocycles. The number of carboxylic acid groups (broad SMARTS) is 1. The van der Waals surface area contributed by atoms with Crippen molar-refractivity contribution in [3.05, 3.63) is 78.8 Å². The molecule has 224 valence electrons. The van der Waals surface area contributed by atoms with Crippen LogP contribution in [0.3, 0.4) is 0 Å². The monoisotopic (exact) mass is 647 g/mol. The van der Waals surface area contributed by atoms with Crippen molar-refractivity contribution in [2.45, 2.75) is 46.2 Å². The zero-order valence-corrected chi connectivity index (χ0v) is 26.7. The van der Waals surface area contributed by atoms with E-state index in [4.69, 9.17) is 27.9 Å². The van der Waals surface area contributed by atoms with Crippen molar-refractivity contribution in [1.82, 2.24) is 14.5 Å². The molecular weight excluding hydrogens is 621 g/mol. The van der Waals surface area contributed by atoms with Gasteiger partial charge < -0.3 is 14.7 Å². The number of nitrogens with zero attached hydrogens (tertiary/aromatic N) is 5. The standard InChI is InChI=1S/C32H27Cl2N5O4S/c1-16-11-20(29-27(36-16)22(15-44-29)31(41)42)19-12-18(33)5-6-25(19)43-10-9-38-17(2)37-24-13-23(34)28(39-8-7-32(39,3)4)21(14-35)26(24)30(38)40/h5-6,11-13,15H,7-10H2,1-4H3,(H,41,42). The van der Waals surface area contributed by atoms with E-state index < -0.39 is 5.97 Å². The highest BCUT2D eigenvalue weighted by atomic mass is 35.5. The molecule has 1 aliphatic rings. The van der Waals surface area contributed by atoms with Crippen molar-refractivity contribution in [2.75, 3.05) is 18.1 Å². The maximum absolute atomic E-state index is 13.9. The Labute approximate surface area is 266 Å². The molecule has 0 aliphatic carbocycles. The Morgan fingerprint density at radius 3 is 2.61 bits per heavy atom. The van der Waals surface area contributed by atoms with Crippen molar-refractivity contribution in [3.63, 3.8) is 0 Å². The lowest BCUT2D eigenvalue weighted by molar-refractivity contribution is 0.0699. The van der Waals surface area contributed by atoms with Crippen molar-refractivity contribution in [2.24, 2.45) is 0 Å². The fourth-order valence-corrected chi connectivity index (χ4v) is 7.23. The Morgan fingerprint density at radius 2 is 1.95 bits per heavy atom. The highest BCUT2D eigenvalue weighted by molar-refractivity contribution is 7.18. The van der Waals surface area contributed by atoms with Crippen LogP contribution in [0.25, 0.3) is 32.2 Å². The second-order valence-corrected chi connectivity index (χ2v) is 13.1. The molecule has 3 aromatic heterocycles. The van der Waals surface area contributed by atoms with Crippen molar-refractivity contribution >= 4 is 67.3 Å². The topological polar surface area (TPSA) is 121 Å². The van der Waals surface area contributed by atoms with Crippen LogP contribution < -0.4 is 15.2 Å². The highest BCUT2D eigenvalue weighted by Gasteiger charge is 2.39. The van der Waals surface area contributed by atoms with Crippen LogP contribution in [0.4, 0.5) is 5.69 Å². The molecule has 12 heteroatoms. The Hall–Kier alpha value is -4.17. The third-order valence-electron chi connectivity index (χ3n) is 8.11. The minimum absolute atomic E-state index is 0.113. The average molecular weight is 649 g/mol. The molecule has 44 heavy (non-hydrogen) atoms. The molecule has 0 bridgehead atoms. The molecule has 2 aromatic carbocycles. The first-order valence-electron chi connectivity index (χ1n) is 13.9. The van der Waals surface area contributed by atoms with Gasteiger partial charge in [0.25, 0.3) is 5.56 Å². The molecule has 9 nitrogen and oxygen atoms in total. The smallest absolute Gasteiger partial charge is 0.338 e. The zero-order chi connectivity index (χ0) is 31.5. The summed E-state index contributed by atoms with van der Waals surface area (Å²) >= 11 is 14.3. The normalized spacial score (nSPS) is 14.1. The first-order valence-corrected chi connectivity index (χ1v) is 15.5. The summed E-state index contributed by atoms with van der Waals surface area (Å²) in [5.41, 5.74) is 3.26. The number of anilines is 1. The van der Waals surface area contributed by atoms with E-state index in [2.05, 4.69) is 34.8 Å². The molecular formula is C32H27Cl2N5O4S. The molecule has 4 heterocycles. The summed E-state index contributed by atoms with van der Waals surface area (Å²) in [7, 11) is 0. The summed E-state index contributed by atoms with van der Waals surface area (Å²) in [6, 6.07) is 11.0. The lowest BCUT2D eigenvalue weighted by atomic mass is 9.87. The van der Waals surface area contributed by atoms with Gasteiger partial charge in [-0.25, -0.2) is 9.78 Å².